The van der Waals surface area contributed by atoms with Gasteiger partial charge in [-0.25, -0.2) is 14.4 Å². The molecular weight excluding hydrogens is 1090 g/mol. The van der Waals surface area contributed by atoms with Crippen molar-refractivity contribution in [2.75, 3.05) is 14.2 Å². The third-order valence-electron chi connectivity index (χ3n) is 11.7. The number of phenolic OH excluding ortho intramolecular Hbond substituents is 1. The Hall–Kier alpha value is -9.53. The molecule has 0 unspecified atom stereocenters. The van der Waals surface area contributed by atoms with Crippen LogP contribution in [0.15, 0.2) is 229 Å². The summed E-state index contributed by atoms with van der Waals surface area (Å²) < 4.78 is 26.1. The summed E-state index contributed by atoms with van der Waals surface area (Å²) in [6, 6.07) is 67.9. The molecule has 14 heteroatoms. The number of carbonyl (C=O) groups is 4. The van der Waals surface area contributed by atoms with Gasteiger partial charge in [0.2, 0.25) is 0 Å². The summed E-state index contributed by atoms with van der Waals surface area (Å²) in [6.45, 7) is 5.13. The van der Waals surface area contributed by atoms with E-state index in [0.717, 1.165) is 56.1 Å². The number of aryl methyl sites for hydroxylation is 2. The van der Waals surface area contributed by atoms with Crippen molar-refractivity contribution in [1.82, 2.24) is 4.98 Å². The number of methoxy groups -OCH3 is 2. The predicted octanol–water partition coefficient (Wildman–Crippen LogP) is 14.2. The summed E-state index contributed by atoms with van der Waals surface area (Å²) in [5.41, 5.74) is 8.50. The van der Waals surface area contributed by atoms with Gasteiger partial charge in [0.25, 0.3) is 5.56 Å². The van der Waals surface area contributed by atoms with Crippen LogP contribution in [0.3, 0.4) is 0 Å². The number of hydrogen-bond acceptors (Lipinski definition) is 11. The van der Waals surface area contributed by atoms with Gasteiger partial charge in [-0.2, -0.15) is 0 Å². The Kier molecular flexibility index (Phi) is 26.4. The molecule has 8 aromatic carbocycles. The number of aromatic nitrogens is 1. The number of aromatic amines is 1. The molecule has 0 saturated heterocycles. The van der Waals surface area contributed by atoms with Crippen molar-refractivity contribution >= 4 is 39.6 Å². The molecule has 0 saturated carbocycles. The van der Waals surface area contributed by atoms with Gasteiger partial charge in [0.1, 0.15) is 42.8 Å². The minimum absolute atomic E-state index is 0.0323. The summed E-state index contributed by atoms with van der Waals surface area (Å²) in [7, 11) is 2.75. The first-order valence-corrected chi connectivity index (χ1v) is 26.7. The highest BCUT2D eigenvalue weighted by Crippen LogP contribution is 2.17. The number of carboxylic acids is 1. The topological polar surface area (TPSA) is 188 Å². The largest absolute Gasteiger partial charge is 0.508 e. The molecular formula is C67H64BrNO12. The number of ether oxygens (including phenoxy) is 5. The highest BCUT2D eigenvalue weighted by atomic mass is 79.9. The molecule has 0 amide bonds. The van der Waals surface area contributed by atoms with E-state index in [1.807, 2.05) is 166 Å². The van der Waals surface area contributed by atoms with Crippen LogP contribution in [0.2, 0.25) is 0 Å². The van der Waals surface area contributed by atoms with Gasteiger partial charge >= 0.3 is 17.9 Å². The second-order valence-electron chi connectivity index (χ2n) is 17.7. The highest BCUT2D eigenvalue weighted by molar-refractivity contribution is 9.08. The van der Waals surface area contributed by atoms with E-state index in [1.165, 1.54) is 14.2 Å². The maximum atomic E-state index is 12.5. The predicted molar refractivity (Wildman–Crippen MR) is 318 cm³/mol. The molecule has 0 atom stereocenters. The molecule has 1 aromatic heterocycles. The van der Waals surface area contributed by atoms with Crippen LogP contribution in [0.5, 0.6) is 23.0 Å². The molecule has 416 valence electrons. The third-order valence-corrected chi connectivity index (χ3v) is 12.3. The van der Waals surface area contributed by atoms with Gasteiger partial charge < -0.3 is 38.9 Å². The van der Waals surface area contributed by atoms with E-state index in [-0.39, 0.29) is 28.8 Å². The smallest absolute Gasteiger partial charge is 0.337 e. The van der Waals surface area contributed by atoms with E-state index in [0.29, 0.717) is 60.7 Å². The van der Waals surface area contributed by atoms with E-state index in [1.54, 1.807) is 72.8 Å². The number of Topliss-reactive ketones (excluding diaryl/α,β-unsaturated/α-hetero) is 1. The zero-order chi connectivity index (χ0) is 58.2. The number of carboxylic acid groups (broad SMARTS) is 1. The van der Waals surface area contributed by atoms with Crippen LogP contribution in [0, 0.1) is 13.8 Å². The molecule has 0 spiro atoms. The molecule has 0 aliphatic heterocycles. The fourth-order valence-corrected chi connectivity index (χ4v) is 7.66. The van der Waals surface area contributed by atoms with Crippen LogP contribution in [0.4, 0.5) is 0 Å². The minimum atomic E-state index is -0.916. The Labute approximate surface area is 480 Å². The van der Waals surface area contributed by atoms with E-state index < -0.39 is 5.97 Å². The maximum absolute atomic E-state index is 12.5. The van der Waals surface area contributed by atoms with Crippen LogP contribution in [-0.4, -0.2) is 53.1 Å². The zero-order valence-corrected chi connectivity index (χ0v) is 47.0. The fourth-order valence-electron chi connectivity index (χ4n) is 7.29. The number of aromatic carboxylic acids is 1. The lowest BCUT2D eigenvalue weighted by Gasteiger charge is -2.08. The van der Waals surface area contributed by atoms with E-state index in [4.69, 9.17) is 24.4 Å². The Bertz CT molecular complexity index is 3360. The van der Waals surface area contributed by atoms with Crippen LogP contribution < -0.4 is 19.8 Å². The van der Waals surface area contributed by atoms with Gasteiger partial charge in [-0.05, 0) is 139 Å². The van der Waals surface area contributed by atoms with Gasteiger partial charge in [0, 0.05) is 28.6 Å². The first kappa shape index (κ1) is 62.3. The van der Waals surface area contributed by atoms with Gasteiger partial charge in [0.05, 0.1) is 30.9 Å². The summed E-state index contributed by atoms with van der Waals surface area (Å²) in [4.78, 5) is 60.2. The van der Waals surface area contributed by atoms with Crippen molar-refractivity contribution in [3.63, 3.8) is 0 Å². The molecule has 1 heterocycles. The second-order valence-corrected chi connectivity index (χ2v) is 18.3. The number of hydrogen-bond donors (Lipinski definition) is 3. The number of ketones is 1. The lowest BCUT2D eigenvalue weighted by Crippen LogP contribution is -2.16. The molecule has 9 aromatic rings. The van der Waals surface area contributed by atoms with Crippen LogP contribution >= 0.6 is 15.9 Å². The molecule has 9 rings (SSSR count). The minimum Gasteiger partial charge on any atom is -0.508 e. The SMILES string of the molecule is COC(=O)c1ccc(CBr)cc1.COC(=O)c1ccc(COc2ccccc2)cc1.Cc1cc(C)c(CCC(=O)c2ccc(COc3ccccc3)cc2)c(=O)[nH]1.O=C(O)c1ccc(COc2ccccc2)cc1.Oc1ccccc1. The number of halogens is 1. The van der Waals surface area contributed by atoms with Crippen molar-refractivity contribution in [3.05, 3.63) is 296 Å². The second kappa shape index (κ2) is 34.4. The van der Waals surface area contributed by atoms with Crippen molar-refractivity contribution in [2.45, 2.75) is 51.8 Å². The third kappa shape index (κ3) is 22.8. The monoisotopic (exact) mass is 1150 g/mol. The lowest BCUT2D eigenvalue weighted by molar-refractivity contribution is 0.0592. The Morgan fingerprint density at radius 3 is 1.14 bits per heavy atom. The number of phenols is 1. The standard InChI is InChI=1S/C23H23NO3.C15H14O3.C14H12O3.C9H9BrO2.C6H6O/c1-16-14-17(2)24-23(26)21(16)12-13-22(25)19-10-8-18(9-11-19)15-27-20-6-4-3-5-7-20;1-17-15(16)13-9-7-12(8-10-13)11-18-14-5-3-2-4-6-14;15-14(16)12-8-6-11(7-9-12)10-17-13-4-2-1-3-5-13;1-12-9(11)8-4-2-7(6-10)3-5-8;7-6-4-2-1-3-5-6/h3-11,14H,12-13,15H2,1-2H3,(H,24,26);2-10H,11H2,1H3;1-9H,10H2,(H,15,16);2-5H,6H2,1H3;1-5,7H. The van der Waals surface area contributed by atoms with Gasteiger partial charge in [-0.3, -0.25) is 9.59 Å². The van der Waals surface area contributed by atoms with Crippen LogP contribution in [-0.2, 0) is 41.0 Å². The van der Waals surface area contributed by atoms with Crippen molar-refractivity contribution < 1.29 is 53.1 Å². The van der Waals surface area contributed by atoms with Gasteiger partial charge in [-0.1, -0.05) is 149 Å². The number of aromatic hydroxyl groups is 1. The lowest BCUT2D eigenvalue weighted by atomic mass is 10.00. The zero-order valence-electron chi connectivity index (χ0n) is 45.5. The van der Waals surface area contributed by atoms with Crippen molar-refractivity contribution in [2.24, 2.45) is 0 Å². The molecule has 0 bridgehead atoms. The Morgan fingerprint density at radius 1 is 0.469 bits per heavy atom. The molecule has 0 radical (unpaired) electrons. The first-order valence-electron chi connectivity index (χ1n) is 25.6. The first-order chi connectivity index (χ1) is 39.2. The number of H-pyrrole nitrogens is 1. The number of pyridine rings is 1. The average molecular weight is 1160 g/mol. The van der Waals surface area contributed by atoms with Crippen LogP contribution in [0.25, 0.3) is 0 Å². The van der Waals surface area contributed by atoms with E-state index in [2.05, 4.69) is 30.4 Å². The molecule has 0 aliphatic carbocycles. The normalized spacial score (nSPS) is 9.94. The molecule has 13 nitrogen and oxygen atoms in total. The number of para-hydroxylation sites is 4. The number of nitrogens with one attached hydrogen (secondary N) is 1. The molecule has 0 fully saturated rings. The highest BCUT2D eigenvalue weighted by Gasteiger charge is 2.12. The van der Waals surface area contributed by atoms with Crippen molar-refractivity contribution in [1.29, 1.82) is 0 Å². The quantitative estimate of drug-likeness (QED) is 0.0445. The number of esters is 2. The van der Waals surface area contributed by atoms with Crippen molar-refractivity contribution in [3.8, 4) is 23.0 Å². The molecule has 3 N–H and O–H groups in total. The van der Waals surface area contributed by atoms with Gasteiger partial charge in [0.15, 0.2) is 5.78 Å². The summed E-state index contributed by atoms with van der Waals surface area (Å²) >= 11 is 3.32. The maximum Gasteiger partial charge on any atom is 0.337 e. The van der Waals surface area contributed by atoms with Gasteiger partial charge in [-0.15, -0.1) is 0 Å². The Morgan fingerprint density at radius 2 is 0.815 bits per heavy atom. The number of alkyl halides is 1. The Balaban J connectivity index is 0.000000197. The summed E-state index contributed by atoms with van der Waals surface area (Å²) in [6.07, 6.45) is 0.756. The summed E-state index contributed by atoms with van der Waals surface area (Å²) in [5, 5.41) is 18.2. The van der Waals surface area contributed by atoms with E-state index >= 15 is 0 Å². The number of benzene rings is 8. The summed E-state index contributed by atoms with van der Waals surface area (Å²) in [5.74, 6) is 1.26. The fraction of sp³-hybridized carbons (Fsp3) is 0.149. The molecule has 0 aliphatic rings. The number of carbonyl (C=O) groups excluding carboxylic acids is 3. The van der Waals surface area contributed by atoms with Crippen LogP contribution in [0.1, 0.15) is 86.9 Å². The number of rotatable bonds is 17. The molecule has 81 heavy (non-hydrogen) atoms. The van der Waals surface area contributed by atoms with E-state index in [9.17, 15) is 24.0 Å². The average Bonchev–Trinajstić information content (AvgIpc) is 3.51.